The summed E-state index contributed by atoms with van der Waals surface area (Å²) in [6.07, 6.45) is -6.88. The number of hydrogen-bond donors (Lipinski definition) is 0. The normalized spacial score (nSPS) is 11.8. The quantitative estimate of drug-likeness (QED) is 0.203. The van der Waals surface area contributed by atoms with Crippen LogP contribution in [-0.2, 0) is 17.1 Å². The first-order chi connectivity index (χ1) is 18.2. The molecule has 0 saturated heterocycles. The van der Waals surface area contributed by atoms with Gasteiger partial charge in [0.2, 0.25) is 0 Å². The van der Waals surface area contributed by atoms with Gasteiger partial charge in [0.05, 0.1) is 40.9 Å². The molecule has 0 aliphatic carbocycles. The number of nitriles is 2. The Morgan fingerprint density at radius 2 is 1.07 bits per heavy atom. The fraction of sp³-hybridized carbons (Fsp3) is 0.414. The van der Waals surface area contributed by atoms with E-state index in [4.69, 9.17) is 10.5 Å². The second-order valence-electron chi connectivity index (χ2n) is 10.7. The third kappa shape index (κ3) is 9.04. The average molecular weight is 567 g/mol. The summed E-state index contributed by atoms with van der Waals surface area (Å²) in [5.74, 6) is 0. The van der Waals surface area contributed by atoms with Gasteiger partial charge in [-0.3, -0.25) is 0 Å². The molecule has 2 rings (SSSR count). The van der Waals surface area contributed by atoms with Crippen LogP contribution in [0.2, 0.25) is 0 Å². The second-order valence-corrected chi connectivity index (χ2v) is 10.7. The number of benzene rings is 2. The molecule has 0 aliphatic rings. The highest BCUT2D eigenvalue weighted by Crippen LogP contribution is 2.37. The first kappa shape index (κ1) is 34.0. The summed E-state index contributed by atoms with van der Waals surface area (Å²) >= 11 is 0. The Labute approximate surface area is 230 Å². The molecule has 2 aromatic carbocycles. The Bertz CT molecular complexity index is 1170. The molecule has 0 radical (unpaired) electrons. The fourth-order valence-electron chi connectivity index (χ4n) is 3.80. The van der Waals surface area contributed by atoms with E-state index >= 15 is 0 Å². The number of hydrogen-bond acceptors (Lipinski definition) is 5. The summed E-state index contributed by atoms with van der Waals surface area (Å²) in [6.45, 7) is 15.1. The zero-order valence-corrected chi connectivity index (χ0v) is 23.2. The van der Waals surface area contributed by atoms with Crippen LogP contribution in [0.5, 0.6) is 0 Å². The van der Waals surface area contributed by atoms with Gasteiger partial charge in [-0.25, -0.2) is 0 Å². The van der Waals surface area contributed by atoms with Gasteiger partial charge in [-0.05, 0) is 77.9 Å². The largest absolute Gasteiger partial charge is 0.417 e. The molecule has 0 amide bonds. The number of carbonyl (C=O) groups excluding carboxylic acids is 1. The van der Waals surface area contributed by atoms with Gasteiger partial charge in [-0.2, -0.15) is 36.9 Å². The number of halogens is 6. The highest BCUT2D eigenvalue weighted by Gasteiger charge is 2.36. The number of alkyl halides is 6. The smallest absolute Gasteiger partial charge is 0.363 e. The predicted molar refractivity (Wildman–Crippen MR) is 143 cm³/mol. The molecule has 2 aromatic rings. The summed E-state index contributed by atoms with van der Waals surface area (Å²) in [6, 6.07) is 10.3. The molecular weight excluding hydrogens is 534 g/mol. The van der Waals surface area contributed by atoms with Crippen molar-refractivity contribution in [2.75, 3.05) is 22.9 Å². The molecule has 11 heteroatoms. The van der Waals surface area contributed by atoms with Crippen molar-refractivity contribution in [3.05, 3.63) is 71.3 Å². The first-order valence-electron chi connectivity index (χ1n) is 12.0. The van der Waals surface area contributed by atoms with E-state index in [-0.39, 0.29) is 23.3 Å². The zero-order valence-electron chi connectivity index (χ0n) is 23.2. The van der Waals surface area contributed by atoms with Gasteiger partial charge in [0.25, 0.3) is 0 Å². The second kappa shape index (κ2) is 12.9. The number of anilines is 2. The topological polar surface area (TPSA) is 71.1 Å². The van der Waals surface area contributed by atoms with E-state index in [9.17, 15) is 31.1 Å². The van der Waals surface area contributed by atoms with Gasteiger partial charge in [-0.15, -0.1) is 6.58 Å². The summed E-state index contributed by atoms with van der Waals surface area (Å²) in [5.41, 5.74) is -2.88. The molecule has 5 nitrogen and oxygen atoms in total. The molecule has 0 N–H and O–H groups in total. The van der Waals surface area contributed by atoms with Crippen molar-refractivity contribution in [1.82, 2.24) is 0 Å². The molecule has 0 heterocycles. The minimum absolute atomic E-state index is 0.0211. The Morgan fingerprint density at radius 3 is 1.32 bits per heavy atom. The summed E-state index contributed by atoms with van der Waals surface area (Å²) in [5, 5.41) is 17.5. The number of carbonyl (C=O) groups is 1. The van der Waals surface area contributed by atoms with Crippen molar-refractivity contribution in [1.29, 1.82) is 10.5 Å². The molecule has 0 bridgehead atoms. The van der Waals surface area contributed by atoms with Gasteiger partial charge in [0, 0.05) is 29.0 Å². The van der Waals surface area contributed by atoms with E-state index in [0.29, 0.717) is 18.5 Å². The van der Waals surface area contributed by atoms with Crippen LogP contribution in [0.15, 0.2) is 49.1 Å². The Kier molecular flexibility index (Phi) is 11.0. The predicted octanol–water partition coefficient (Wildman–Crippen LogP) is 7.75. The van der Waals surface area contributed by atoms with Crippen LogP contribution >= 0.6 is 0 Å². The van der Waals surface area contributed by atoms with E-state index in [2.05, 4.69) is 6.58 Å². The van der Waals surface area contributed by atoms with Crippen LogP contribution < -0.4 is 9.80 Å². The van der Waals surface area contributed by atoms with Gasteiger partial charge in [-0.1, -0.05) is 6.08 Å². The van der Waals surface area contributed by atoms with Gasteiger partial charge in [0.1, 0.15) is 6.29 Å². The average Bonchev–Trinajstić information content (AvgIpc) is 2.83. The Balaban J connectivity index is 0.000000400. The van der Waals surface area contributed by atoms with Crippen molar-refractivity contribution in [3.63, 3.8) is 0 Å². The molecule has 0 unspecified atom stereocenters. The standard InChI is InChI=1S/C15H17F3N2.C14H15F3N2O/c1-5-8-20(14(2,3)4)12-7-6-11(10-19)13(9-12)15(16,17)18;1-13(2,3)19(6-7-20)11-5-4-10(9-18)12(8-11)14(15,16)17/h5-7,9H,1,8H2,2-4H3;4-5,7-8H,6H2,1-3H3. The van der Waals surface area contributed by atoms with Crippen molar-refractivity contribution in [2.24, 2.45) is 0 Å². The van der Waals surface area contributed by atoms with Crippen molar-refractivity contribution >= 4 is 17.7 Å². The maximum atomic E-state index is 13.0. The lowest BCUT2D eigenvalue weighted by atomic mass is 10.0. The fourth-order valence-corrected chi connectivity index (χ4v) is 3.80. The van der Waals surface area contributed by atoms with E-state index in [1.165, 1.54) is 24.3 Å². The molecule has 0 saturated carbocycles. The molecule has 0 aliphatic heterocycles. The van der Waals surface area contributed by atoms with Gasteiger partial charge >= 0.3 is 12.4 Å². The Hall–Kier alpha value is -3.99. The molecule has 0 fully saturated rings. The highest BCUT2D eigenvalue weighted by atomic mass is 19.4. The van der Waals surface area contributed by atoms with Crippen LogP contribution in [-0.4, -0.2) is 30.5 Å². The lowest BCUT2D eigenvalue weighted by Gasteiger charge is -2.37. The number of nitrogens with zero attached hydrogens (tertiary/aromatic N) is 4. The van der Waals surface area contributed by atoms with Crippen LogP contribution in [0.1, 0.15) is 63.8 Å². The SMILES string of the molecule is C=CCN(c1ccc(C#N)c(C(F)(F)F)c1)C(C)(C)C.CC(C)(C)N(CC=O)c1ccc(C#N)c(C(F)(F)F)c1. The molecule has 0 spiro atoms. The summed E-state index contributed by atoms with van der Waals surface area (Å²) in [7, 11) is 0. The van der Waals surface area contributed by atoms with E-state index in [1.807, 2.05) is 20.8 Å². The number of aldehydes is 1. The van der Waals surface area contributed by atoms with Gasteiger partial charge in [0.15, 0.2) is 0 Å². The van der Waals surface area contributed by atoms with Crippen molar-refractivity contribution in [3.8, 4) is 12.1 Å². The van der Waals surface area contributed by atoms with Gasteiger partial charge < -0.3 is 14.6 Å². The molecule has 0 aromatic heterocycles. The number of rotatable bonds is 6. The van der Waals surface area contributed by atoms with E-state index in [1.54, 1.807) is 42.7 Å². The van der Waals surface area contributed by atoms with Crippen LogP contribution in [0.3, 0.4) is 0 Å². The lowest BCUT2D eigenvalue weighted by Crippen LogP contribution is -2.42. The van der Waals surface area contributed by atoms with E-state index < -0.39 is 34.6 Å². The maximum Gasteiger partial charge on any atom is 0.417 e. The monoisotopic (exact) mass is 566 g/mol. The highest BCUT2D eigenvalue weighted by molar-refractivity contribution is 5.64. The van der Waals surface area contributed by atoms with Crippen LogP contribution in [0.4, 0.5) is 37.7 Å². The van der Waals surface area contributed by atoms with Crippen molar-refractivity contribution < 1.29 is 31.1 Å². The zero-order chi connectivity index (χ0) is 31.1. The third-order valence-electron chi connectivity index (χ3n) is 5.67. The maximum absolute atomic E-state index is 13.0. The van der Waals surface area contributed by atoms with Crippen molar-refractivity contribution in [2.45, 2.75) is 65.0 Å². The minimum Gasteiger partial charge on any atom is -0.363 e. The van der Waals surface area contributed by atoms with Crippen LogP contribution in [0.25, 0.3) is 0 Å². The molecular formula is C29H32F6N4O. The molecule has 216 valence electrons. The Morgan fingerprint density at radius 1 is 0.725 bits per heavy atom. The minimum atomic E-state index is -4.61. The summed E-state index contributed by atoms with van der Waals surface area (Å²) < 4.78 is 77.7. The third-order valence-corrected chi connectivity index (χ3v) is 5.67. The molecule has 40 heavy (non-hydrogen) atoms. The van der Waals surface area contributed by atoms with E-state index in [0.717, 1.165) is 18.2 Å². The lowest BCUT2D eigenvalue weighted by molar-refractivity contribution is -0.138. The summed E-state index contributed by atoms with van der Waals surface area (Å²) in [4.78, 5) is 14.1. The molecule has 0 atom stereocenters. The first-order valence-corrected chi connectivity index (χ1v) is 12.0. The van der Waals surface area contributed by atoms with Crippen LogP contribution in [0, 0.1) is 22.7 Å².